The van der Waals surface area contributed by atoms with E-state index in [1.165, 1.54) is 11.3 Å². The standard InChI is InChI=1S/C21H20BrNO5S/c1-4-26-21(25)18-12(2)13(3)29-20(18)23-19(24)17-10-9-14(28-17)11-27-16-8-6-5-7-15(16)22/h5-10H,4,11H2,1-3H3,(H,23,24). The molecule has 0 aliphatic heterocycles. The van der Waals surface area contributed by atoms with Gasteiger partial charge in [0.2, 0.25) is 0 Å². The largest absolute Gasteiger partial charge is 0.484 e. The Balaban J connectivity index is 1.70. The second-order valence-corrected chi connectivity index (χ2v) is 8.23. The summed E-state index contributed by atoms with van der Waals surface area (Å²) in [7, 11) is 0. The Morgan fingerprint density at radius 1 is 1.17 bits per heavy atom. The summed E-state index contributed by atoms with van der Waals surface area (Å²) in [6.45, 7) is 5.91. The van der Waals surface area contributed by atoms with Gasteiger partial charge in [0.15, 0.2) is 5.76 Å². The highest BCUT2D eigenvalue weighted by Gasteiger charge is 2.23. The van der Waals surface area contributed by atoms with Gasteiger partial charge in [-0.2, -0.15) is 0 Å². The fourth-order valence-electron chi connectivity index (χ4n) is 2.62. The summed E-state index contributed by atoms with van der Waals surface area (Å²) < 4.78 is 17.2. The highest BCUT2D eigenvalue weighted by Crippen LogP contribution is 2.33. The van der Waals surface area contributed by atoms with Gasteiger partial charge >= 0.3 is 5.97 Å². The molecule has 1 N–H and O–H groups in total. The first-order chi connectivity index (χ1) is 13.9. The predicted octanol–water partition coefficient (Wildman–Crippen LogP) is 5.73. The molecule has 8 heteroatoms. The number of furan rings is 1. The molecule has 29 heavy (non-hydrogen) atoms. The average molecular weight is 478 g/mol. The van der Waals surface area contributed by atoms with Crippen LogP contribution in [0.2, 0.25) is 0 Å². The summed E-state index contributed by atoms with van der Waals surface area (Å²) in [4.78, 5) is 25.8. The van der Waals surface area contributed by atoms with Crippen LogP contribution < -0.4 is 10.1 Å². The van der Waals surface area contributed by atoms with Gasteiger partial charge in [0.1, 0.15) is 23.1 Å². The summed E-state index contributed by atoms with van der Waals surface area (Å²) in [5, 5.41) is 3.21. The SMILES string of the molecule is CCOC(=O)c1c(NC(=O)c2ccc(COc3ccccc3Br)o2)sc(C)c1C. The van der Waals surface area contributed by atoms with Crippen LogP contribution in [0.1, 0.15) is 44.0 Å². The summed E-state index contributed by atoms with van der Waals surface area (Å²) in [6, 6.07) is 10.7. The molecule has 1 amide bonds. The minimum absolute atomic E-state index is 0.134. The number of para-hydroxylation sites is 1. The van der Waals surface area contributed by atoms with Crippen molar-refractivity contribution in [3.05, 3.63) is 68.4 Å². The lowest BCUT2D eigenvalue weighted by Crippen LogP contribution is -2.14. The predicted molar refractivity (Wildman–Crippen MR) is 115 cm³/mol. The molecular formula is C21H20BrNO5S. The number of carbonyl (C=O) groups excluding carboxylic acids is 2. The molecule has 6 nitrogen and oxygen atoms in total. The van der Waals surface area contributed by atoms with Crippen LogP contribution in [0, 0.1) is 13.8 Å². The lowest BCUT2D eigenvalue weighted by atomic mass is 10.1. The maximum Gasteiger partial charge on any atom is 0.341 e. The van der Waals surface area contributed by atoms with Crippen LogP contribution in [-0.2, 0) is 11.3 Å². The van der Waals surface area contributed by atoms with Crippen LogP contribution in [0.3, 0.4) is 0 Å². The van der Waals surface area contributed by atoms with Crippen molar-refractivity contribution >= 4 is 44.1 Å². The molecule has 0 bridgehead atoms. The van der Waals surface area contributed by atoms with E-state index < -0.39 is 11.9 Å². The number of ether oxygens (including phenoxy) is 2. The van der Waals surface area contributed by atoms with Gasteiger partial charge in [-0.3, -0.25) is 4.79 Å². The van der Waals surface area contributed by atoms with Gasteiger partial charge in [0.05, 0.1) is 16.6 Å². The fraction of sp³-hybridized carbons (Fsp3) is 0.238. The quantitative estimate of drug-likeness (QED) is 0.439. The molecule has 0 unspecified atom stereocenters. The number of carbonyl (C=O) groups is 2. The van der Waals surface area contributed by atoms with Gasteiger partial charge < -0.3 is 19.2 Å². The van der Waals surface area contributed by atoms with Crippen molar-refractivity contribution in [1.29, 1.82) is 0 Å². The third-order valence-electron chi connectivity index (χ3n) is 4.18. The fourth-order valence-corrected chi connectivity index (χ4v) is 4.06. The topological polar surface area (TPSA) is 77.8 Å². The molecule has 0 spiro atoms. The van der Waals surface area contributed by atoms with Gasteiger partial charge in [0, 0.05) is 4.88 Å². The zero-order valence-corrected chi connectivity index (χ0v) is 18.6. The van der Waals surface area contributed by atoms with Crippen molar-refractivity contribution < 1.29 is 23.5 Å². The number of esters is 1. The number of halogens is 1. The van der Waals surface area contributed by atoms with E-state index in [-0.39, 0.29) is 19.0 Å². The van der Waals surface area contributed by atoms with Crippen LogP contribution in [0.5, 0.6) is 5.75 Å². The first-order valence-electron chi connectivity index (χ1n) is 8.95. The van der Waals surface area contributed by atoms with Crippen LogP contribution in [0.15, 0.2) is 45.3 Å². The summed E-state index contributed by atoms with van der Waals surface area (Å²) in [6.07, 6.45) is 0. The highest BCUT2D eigenvalue weighted by molar-refractivity contribution is 9.10. The minimum atomic E-state index is -0.452. The summed E-state index contributed by atoms with van der Waals surface area (Å²) >= 11 is 4.75. The van der Waals surface area contributed by atoms with Gasteiger partial charge in [-0.15, -0.1) is 11.3 Å². The van der Waals surface area contributed by atoms with Gasteiger partial charge in [-0.1, -0.05) is 12.1 Å². The van der Waals surface area contributed by atoms with E-state index in [0.29, 0.717) is 22.1 Å². The number of hydrogen-bond donors (Lipinski definition) is 1. The molecule has 152 valence electrons. The molecule has 1 aromatic carbocycles. The summed E-state index contributed by atoms with van der Waals surface area (Å²) in [5.74, 6) is 0.429. The molecule has 2 aromatic heterocycles. The van der Waals surface area contributed by atoms with Gasteiger partial charge in [0.25, 0.3) is 5.91 Å². The van der Waals surface area contributed by atoms with Crippen molar-refractivity contribution in [2.75, 3.05) is 11.9 Å². The van der Waals surface area contributed by atoms with Gasteiger partial charge in [-0.05, 0) is 66.5 Å². The molecule has 0 fully saturated rings. The first-order valence-corrected chi connectivity index (χ1v) is 10.6. The molecule has 0 saturated carbocycles. The van der Waals surface area contributed by atoms with E-state index >= 15 is 0 Å². The minimum Gasteiger partial charge on any atom is -0.484 e. The molecule has 0 saturated heterocycles. The molecule has 0 atom stereocenters. The van der Waals surface area contributed by atoms with Crippen LogP contribution in [0.4, 0.5) is 5.00 Å². The zero-order valence-electron chi connectivity index (χ0n) is 16.2. The number of anilines is 1. The lowest BCUT2D eigenvalue weighted by Gasteiger charge is -2.07. The number of benzene rings is 1. The Hall–Kier alpha value is -2.58. The van der Waals surface area contributed by atoms with E-state index in [9.17, 15) is 9.59 Å². The normalized spacial score (nSPS) is 10.6. The maximum absolute atomic E-state index is 12.6. The maximum atomic E-state index is 12.6. The van der Waals surface area contributed by atoms with Crippen molar-refractivity contribution in [3.8, 4) is 5.75 Å². The Kier molecular flexibility index (Phi) is 6.76. The number of thiophene rings is 1. The molecular weight excluding hydrogens is 458 g/mol. The molecule has 0 aliphatic rings. The van der Waals surface area contributed by atoms with Crippen LogP contribution in [0.25, 0.3) is 0 Å². The summed E-state index contributed by atoms with van der Waals surface area (Å²) in [5.41, 5.74) is 1.18. The van der Waals surface area contributed by atoms with Crippen molar-refractivity contribution in [1.82, 2.24) is 0 Å². The third kappa shape index (κ3) is 4.89. The zero-order chi connectivity index (χ0) is 21.0. The lowest BCUT2D eigenvalue weighted by molar-refractivity contribution is 0.0527. The second kappa shape index (κ2) is 9.28. The highest BCUT2D eigenvalue weighted by atomic mass is 79.9. The number of rotatable bonds is 7. The second-order valence-electron chi connectivity index (χ2n) is 6.15. The molecule has 0 radical (unpaired) electrons. The van der Waals surface area contributed by atoms with E-state index in [4.69, 9.17) is 13.9 Å². The van der Waals surface area contributed by atoms with Crippen molar-refractivity contribution in [3.63, 3.8) is 0 Å². The Morgan fingerprint density at radius 3 is 2.66 bits per heavy atom. The Morgan fingerprint density at radius 2 is 1.93 bits per heavy atom. The molecule has 0 aliphatic carbocycles. The molecule has 3 rings (SSSR count). The number of aryl methyl sites for hydroxylation is 1. The number of nitrogens with one attached hydrogen (secondary N) is 1. The van der Waals surface area contributed by atoms with E-state index in [1.807, 2.05) is 38.1 Å². The third-order valence-corrected chi connectivity index (χ3v) is 5.96. The van der Waals surface area contributed by atoms with E-state index in [2.05, 4.69) is 21.2 Å². The number of amides is 1. The molecule has 3 aromatic rings. The monoisotopic (exact) mass is 477 g/mol. The smallest absolute Gasteiger partial charge is 0.341 e. The average Bonchev–Trinajstić information content (AvgIpc) is 3.26. The van der Waals surface area contributed by atoms with E-state index in [0.717, 1.165) is 14.9 Å². The van der Waals surface area contributed by atoms with E-state index in [1.54, 1.807) is 19.1 Å². The van der Waals surface area contributed by atoms with Crippen molar-refractivity contribution in [2.24, 2.45) is 0 Å². The molecule has 2 heterocycles. The van der Waals surface area contributed by atoms with Crippen LogP contribution in [-0.4, -0.2) is 18.5 Å². The first kappa shape index (κ1) is 21.1. The Bertz CT molecular complexity index is 1040. The van der Waals surface area contributed by atoms with Crippen molar-refractivity contribution in [2.45, 2.75) is 27.4 Å². The number of hydrogen-bond acceptors (Lipinski definition) is 6. The van der Waals surface area contributed by atoms with Gasteiger partial charge in [-0.25, -0.2) is 4.79 Å². The van der Waals surface area contributed by atoms with Crippen LogP contribution >= 0.6 is 27.3 Å². The Labute approximate surface area is 181 Å².